The van der Waals surface area contributed by atoms with Gasteiger partial charge in [0.05, 0.1) is 9.92 Å². The molecular formula is C9H9BrClNO2S. The van der Waals surface area contributed by atoms with Crippen LogP contribution in [0.25, 0.3) is 0 Å². The molecule has 0 aliphatic carbocycles. The fourth-order valence-corrected chi connectivity index (χ4v) is 2.57. The Balaban J connectivity index is 3.05. The minimum atomic E-state index is -3.47. The van der Waals surface area contributed by atoms with E-state index in [4.69, 9.17) is 11.6 Å². The standard InChI is InChI=1S/C9H9BrClNO2S/c1-2-5-12-15(13,14)7-3-4-9(11)8(10)6-7/h2-4,6,12H,1,5H2. The molecule has 0 aromatic heterocycles. The van der Waals surface area contributed by atoms with Crippen LogP contribution in [0.2, 0.25) is 5.02 Å². The molecule has 0 spiro atoms. The van der Waals surface area contributed by atoms with Gasteiger partial charge in [0, 0.05) is 11.0 Å². The van der Waals surface area contributed by atoms with Crippen molar-refractivity contribution in [2.24, 2.45) is 0 Å². The predicted octanol–water partition coefficient (Wildman–Crippen LogP) is 2.57. The largest absolute Gasteiger partial charge is 0.240 e. The van der Waals surface area contributed by atoms with Crippen LogP contribution in [0.5, 0.6) is 0 Å². The van der Waals surface area contributed by atoms with E-state index in [1.807, 2.05) is 0 Å². The summed E-state index contributed by atoms with van der Waals surface area (Å²) < 4.78 is 26.2. The van der Waals surface area contributed by atoms with Gasteiger partial charge in [-0.25, -0.2) is 13.1 Å². The van der Waals surface area contributed by atoms with E-state index >= 15 is 0 Å². The Morgan fingerprint density at radius 2 is 2.20 bits per heavy atom. The van der Waals surface area contributed by atoms with Gasteiger partial charge >= 0.3 is 0 Å². The molecule has 1 rings (SSSR count). The zero-order valence-corrected chi connectivity index (χ0v) is 10.9. The average Bonchev–Trinajstić information content (AvgIpc) is 2.19. The van der Waals surface area contributed by atoms with E-state index in [9.17, 15) is 8.42 Å². The third-order valence-corrected chi connectivity index (χ3v) is 4.25. The summed E-state index contributed by atoms with van der Waals surface area (Å²) in [7, 11) is -3.47. The van der Waals surface area contributed by atoms with Crippen LogP contribution in [-0.2, 0) is 10.0 Å². The van der Waals surface area contributed by atoms with E-state index in [2.05, 4.69) is 27.2 Å². The lowest BCUT2D eigenvalue weighted by atomic mass is 10.4. The van der Waals surface area contributed by atoms with Gasteiger partial charge in [-0.3, -0.25) is 0 Å². The third-order valence-electron chi connectivity index (χ3n) is 1.62. The van der Waals surface area contributed by atoms with E-state index in [0.29, 0.717) is 9.50 Å². The molecule has 0 aliphatic rings. The molecule has 0 atom stereocenters. The molecule has 0 amide bonds. The topological polar surface area (TPSA) is 46.2 Å². The predicted molar refractivity (Wildman–Crippen MR) is 64.5 cm³/mol. The molecule has 3 nitrogen and oxygen atoms in total. The molecule has 15 heavy (non-hydrogen) atoms. The van der Waals surface area contributed by atoms with Crippen molar-refractivity contribution in [3.8, 4) is 0 Å². The lowest BCUT2D eigenvalue weighted by Crippen LogP contribution is -2.23. The normalized spacial score (nSPS) is 11.3. The van der Waals surface area contributed by atoms with Gasteiger partial charge in [-0.1, -0.05) is 17.7 Å². The maximum absolute atomic E-state index is 11.6. The summed E-state index contributed by atoms with van der Waals surface area (Å²) in [6.07, 6.45) is 1.47. The highest BCUT2D eigenvalue weighted by atomic mass is 79.9. The van der Waals surface area contributed by atoms with Crippen LogP contribution >= 0.6 is 27.5 Å². The summed E-state index contributed by atoms with van der Waals surface area (Å²) in [6.45, 7) is 3.63. The van der Waals surface area contributed by atoms with Crippen LogP contribution in [-0.4, -0.2) is 15.0 Å². The van der Waals surface area contributed by atoms with Crippen LogP contribution in [0.4, 0.5) is 0 Å². The smallest absolute Gasteiger partial charge is 0.207 e. The monoisotopic (exact) mass is 309 g/mol. The molecule has 0 fully saturated rings. The fourth-order valence-electron chi connectivity index (χ4n) is 0.896. The molecule has 0 heterocycles. The quantitative estimate of drug-likeness (QED) is 0.869. The average molecular weight is 311 g/mol. The Morgan fingerprint density at radius 3 is 2.73 bits per heavy atom. The molecule has 0 saturated heterocycles. The van der Waals surface area contributed by atoms with Gasteiger partial charge in [0.25, 0.3) is 0 Å². The first-order valence-corrected chi connectivity index (χ1v) is 6.68. The van der Waals surface area contributed by atoms with Gasteiger partial charge in [-0.15, -0.1) is 6.58 Å². The van der Waals surface area contributed by atoms with Gasteiger partial charge in [-0.2, -0.15) is 0 Å². The van der Waals surface area contributed by atoms with E-state index in [-0.39, 0.29) is 11.4 Å². The van der Waals surface area contributed by atoms with Crippen molar-refractivity contribution in [1.82, 2.24) is 4.72 Å². The van der Waals surface area contributed by atoms with E-state index in [1.54, 1.807) is 0 Å². The first-order valence-electron chi connectivity index (χ1n) is 4.03. The second kappa shape index (κ2) is 5.12. The van der Waals surface area contributed by atoms with Gasteiger partial charge in [0.2, 0.25) is 10.0 Å². The molecule has 0 radical (unpaired) electrons. The molecule has 6 heteroatoms. The van der Waals surface area contributed by atoms with Crippen molar-refractivity contribution < 1.29 is 8.42 Å². The molecule has 0 saturated carbocycles. The number of rotatable bonds is 4. The fraction of sp³-hybridized carbons (Fsp3) is 0.111. The molecule has 1 N–H and O–H groups in total. The van der Waals surface area contributed by atoms with Crippen LogP contribution in [0.1, 0.15) is 0 Å². The highest BCUT2D eigenvalue weighted by Crippen LogP contribution is 2.25. The van der Waals surface area contributed by atoms with E-state index < -0.39 is 10.0 Å². The molecular weight excluding hydrogens is 302 g/mol. The second-order valence-electron chi connectivity index (χ2n) is 2.72. The van der Waals surface area contributed by atoms with Crippen molar-refractivity contribution >= 4 is 37.6 Å². The Labute approximate surface area is 102 Å². The Morgan fingerprint density at radius 1 is 1.53 bits per heavy atom. The number of sulfonamides is 1. The Hall–Kier alpha value is -0.360. The van der Waals surface area contributed by atoms with Crippen LogP contribution in [0.3, 0.4) is 0 Å². The summed E-state index contributed by atoms with van der Waals surface area (Å²) >= 11 is 8.92. The number of benzene rings is 1. The maximum atomic E-state index is 11.6. The van der Waals surface area contributed by atoms with Crippen LogP contribution < -0.4 is 4.72 Å². The number of nitrogens with one attached hydrogen (secondary N) is 1. The van der Waals surface area contributed by atoms with Crippen molar-refractivity contribution in [3.63, 3.8) is 0 Å². The zero-order valence-electron chi connectivity index (χ0n) is 7.70. The second-order valence-corrected chi connectivity index (χ2v) is 5.74. The number of hydrogen-bond donors (Lipinski definition) is 1. The van der Waals surface area contributed by atoms with E-state index in [0.717, 1.165) is 0 Å². The van der Waals surface area contributed by atoms with Gasteiger partial charge < -0.3 is 0 Å². The van der Waals surface area contributed by atoms with Gasteiger partial charge in [0.1, 0.15) is 0 Å². The third kappa shape index (κ3) is 3.31. The number of hydrogen-bond acceptors (Lipinski definition) is 2. The molecule has 0 aliphatic heterocycles. The molecule has 1 aromatic carbocycles. The van der Waals surface area contributed by atoms with Crippen molar-refractivity contribution in [2.75, 3.05) is 6.54 Å². The van der Waals surface area contributed by atoms with E-state index in [1.165, 1.54) is 24.3 Å². The Kier molecular flexibility index (Phi) is 4.33. The van der Waals surface area contributed by atoms with Gasteiger partial charge in [0.15, 0.2) is 0 Å². The maximum Gasteiger partial charge on any atom is 0.240 e. The van der Waals surface area contributed by atoms with Gasteiger partial charge in [-0.05, 0) is 34.1 Å². The van der Waals surface area contributed by atoms with Crippen molar-refractivity contribution in [3.05, 3.63) is 40.3 Å². The first-order chi connectivity index (χ1) is 6.97. The minimum Gasteiger partial charge on any atom is -0.207 e. The first kappa shape index (κ1) is 12.7. The zero-order chi connectivity index (χ0) is 11.5. The molecule has 0 bridgehead atoms. The summed E-state index contributed by atoms with van der Waals surface area (Å²) in [4.78, 5) is 0.167. The van der Waals surface area contributed by atoms with Crippen LogP contribution in [0.15, 0.2) is 40.2 Å². The molecule has 0 unspecified atom stereocenters. The summed E-state index contributed by atoms with van der Waals surface area (Å²) in [5, 5.41) is 0.470. The van der Waals surface area contributed by atoms with Crippen LogP contribution in [0, 0.1) is 0 Å². The number of halogens is 2. The lowest BCUT2D eigenvalue weighted by molar-refractivity contribution is 0.585. The van der Waals surface area contributed by atoms with Crippen molar-refractivity contribution in [1.29, 1.82) is 0 Å². The summed E-state index contributed by atoms with van der Waals surface area (Å²) in [6, 6.07) is 4.42. The molecule has 82 valence electrons. The minimum absolute atomic E-state index is 0.167. The molecule has 1 aromatic rings. The lowest BCUT2D eigenvalue weighted by Gasteiger charge is -2.05. The highest BCUT2D eigenvalue weighted by molar-refractivity contribution is 9.10. The Bertz CT molecular complexity index is 473. The summed E-state index contributed by atoms with van der Waals surface area (Å²) in [5.41, 5.74) is 0. The highest BCUT2D eigenvalue weighted by Gasteiger charge is 2.13. The van der Waals surface area contributed by atoms with Crippen molar-refractivity contribution in [2.45, 2.75) is 4.90 Å². The SMILES string of the molecule is C=CCNS(=O)(=O)c1ccc(Cl)c(Br)c1. The summed E-state index contributed by atoms with van der Waals surface area (Å²) in [5.74, 6) is 0.